The molecule has 2 aromatic carbocycles. The molecule has 1 saturated heterocycles. The lowest BCUT2D eigenvalue weighted by Gasteiger charge is -2.33. The summed E-state index contributed by atoms with van der Waals surface area (Å²) in [5.74, 6) is -2.26. The smallest absolute Gasteiger partial charge is 0.316 e. The maximum Gasteiger partial charge on any atom is 0.316 e. The predicted octanol–water partition coefficient (Wildman–Crippen LogP) is 2.26. The number of aryl methyl sites for hydroxylation is 2. The van der Waals surface area contributed by atoms with Gasteiger partial charge in [0.05, 0.1) is 0 Å². The zero-order valence-corrected chi connectivity index (χ0v) is 15.2. The SMILES string of the molecule is Cc1ccc(NC(=O)CN2CCN(c3ccc(F)cc3)C(=O)C2=O)cc1C. The summed E-state index contributed by atoms with van der Waals surface area (Å²) < 4.78 is 13.0. The number of nitrogens with zero attached hydrogens (tertiary/aromatic N) is 2. The zero-order chi connectivity index (χ0) is 19.6. The van der Waals surface area contributed by atoms with Gasteiger partial charge in [0.25, 0.3) is 0 Å². The second-order valence-corrected chi connectivity index (χ2v) is 6.51. The Hall–Kier alpha value is -3.22. The molecule has 3 rings (SSSR count). The van der Waals surface area contributed by atoms with Crippen LogP contribution >= 0.6 is 0 Å². The summed E-state index contributed by atoms with van der Waals surface area (Å²) in [6.07, 6.45) is 0. The number of nitrogens with one attached hydrogen (secondary N) is 1. The van der Waals surface area contributed by atoms with Gasteiger partial charge in [-0.05, 0) is 61.4 Å². The first-order chi connectivity index (χ1) is 12.8. The summed E-state index contributed by atoms with van der Waals surface area (Å²) in [6.45, 7) is 4.19. The zero-order valence-electron chi connectivity index (χ0n) is 15.2. The van der Waals surface area contributed by atoms with E-state index in [1.54, 1.807) is 6.07 Å². The van der Waals surface area contributed by atoms with Crippen molar-refractivity contribution in [1.82, 2.24) is 4.90 Å². The average Bonchev–Trinajstić information content (AvgIpc) is 2.63. The van der Waals surface area contributed by atoms with E-state index in [0.29, 0.717) is 11.4 Å². The Labute approximate surface area is 156 Å². The predicted molar refractivity (Wildman–Crippen MR) is 99.9 cm³/mol. The van der Waals surface area contributed by atoms with Crippen LogP contribution < -0.4 is 10.2 Å². The van der Waals surface area contributed by atoms with E-state index >= 15 is 0 Å². The van der Waals surface area contributed by atoms with Crippen molar-refractivity contribution >= 4 is 29.1 Å². The number of halogens is 1. The molecule has 2 aromatic rings. The number of carbonyl (C=O) groups excluding carboxylic acids is 3. The highest BCUT2D eigenvalue weighted by atomic mass is 19.1. The van der Waals surface area contributed by atoms with E-state index in [2.05, 4.69) is 5.32 Å². The Morgan fingerprint density at radius 2 is 1.70 bits per heavy atom. The second kappa shape index (κ2) is 7.57. The maximum atomic E-state index is 13.0. The minimum atomic E-state index is -0.749. The number of amides is 3. The quantitative estimate of drug-likeness (QED) is 0.841. The lowest BCUT2D eigenvalue weighted by Crippen LogP contribution is -2.56. The Balaban J connectivity index is 1.62. The van der Waals surface area contributed by atoms with Crippen LogP contribution in [0.4, 0.5) is 15.8 Å². The van der Waals surface area contributed by atoms with Crippen LogP contribution in [0, 0.1) is 19.7 Å². The van der Waals surface area contributed by atoms with Crippen molar-refractivity contribution in [3.63, 3.8) is 0 Å². The monoisotopic (exact) mass is 369 g/mol. The van der Waals surface area contributed by atoms with Crippen molar-refractivity contribution in [2.24, 2.45) is 0 Å². The molecule has 0 bridgehead atoms. The molecule has 3 amide bonds. The molecule has 140 valence electrons. The standard InChI is InChI=1S/C20H20FN3O3/c1-13-3-6-16(11-14(13)2)22-18(25)12-23-9-10-24(20(27)19(23)26)17-7-4-15(21)5-8-17/h3-8,11H,9-10,12H2,1-2H3,(H,22,25). The van der Waals surface area contributed by atoms with Crippen LogP contribution in [-0.4, -0.2) is 42.3 Å². The molecule has 0 radical (unpaired) electrons. The van der Waals surface area contributed by atoms with E-state index in [9.17, 15) is 18.8 Å². The van der Waals surface area contributed by atoms with Gasteiger partial charge in [0.2, 0.25) is 5.91 Å². The number of hydrogen-bond donors (Lipinski definition) is 1. The molecule has 7 heteroatoms. The van der Waals surface area contributed by atoms with E-state index in [0.717, 1.165) is 11.1 Å². The minimum Gasteiger partial charge on any atom is -0.325 e. The number of anilines is 2. The Bertz CT molecular complexity index is 896. The number of carbonyl (C=O) groups is 3. The van der Waals surface area contributed by atoms with E-state index < -0.39 is 17.6 Å². The lowest BCUT2D eigenvalue weighted by atomic mass is 10.1. The van der Waals surface area contributed by atoms with Crippen molar-refractivity contribution in [3.8, 4) is 0 Å². The number of piperazine rings is 1. The van der Waals surface area contributed by atoms with Crippen molar-refractivity contribution in [1.29, 1.82) is 0 Å². The third-order valence-electron chi connectivity index (χ3n) is 4.57. The topological polar surface area (TPSA) is 69.7 Å². The summed E-state index contributed by atoms with van der Waals surface area (Å²) >= 11 is 0. The molecule has 0 atom stereocenters. The van der Waals surface area contributed by atoms with Gasteiger partial charge in [-0.3, -0.25) is 14.4 Å². The fourth-order valence-corrected chi connectivity index (χ4v) is 2.89. The largest absolute Gasteiger partial charge is 0.325 e. The Morgan fingerprint density at radius 3 is 2.37 bits per heavy atom. The van der Waals surface area contributed by atoms with Gasteiger partial charge in [0.1, 0.15) is 12.4 Å². The molecule has 1 fully saturated rings. The fraction of sp³-hybridized carbons (Fsp3) is 0.250. The van der Waals surface area contributed by atoms with Crippen LogP contribution in [0.15, 0.2) is 42.5 Å². The number of hydrogen-bond acceptors (Lipinski definition) is 3. The van der Waals surface area contributed by atoms with Crippen molar-refractivity contribution in [2.45, 2.75) is 13.8 Å². The van der Waals surface area contributed by atoms with E-state index in [4.69, 9.17) is 0 Å². The van der Waals surface area contributed by atoms with E-state index in [-0.39, 0.29) is 25.5 Å². The summed E-state index contributed by atoms with van der Waals surface area (Å²) in [4.78, 5) is 39.5. The molecular formula is C20H20FN3O3. The summed E-state index contributed by atoms with van der Waals surface area (Å²) in [6, 6.07) is 10.9. The summed E-state index contributed by atoms with van der Waals surface area (Å²) in [5, 5.41) is 2.74. The van der Waals surface area contributed by atoms with Gasteiger partial charge in [0, 0.05) is 24.5 Å². The number of benzene rings is 2. The molecule has 0 saturated carbocycles. The maximum absolute atomic E-state index is 13.0. The number of rotatable bonds is 4. The van der Waals surface area contributed by atoms with Crippen LogP contribution in [0.1, 0.15) is 11.1 Å². The third-order valence-corrected chi connectivity index (χ3v) is 4.57. The van der Waals surface area contributed by atoms with E-state index in [1.165, 1.54) is 34.1 Å². The molecule has 0 spiro atoms. The Morgan fingerprint density at radius 1 is 1.00 bits per heavy atom. The van der Waals surface area contributed by atoms with Crippen molar-refractivity contribution in [3.05, 3.63) is 59.4 Å². The molecule has 1 aliphatic rings. The second-order valence-electron chi connectivity index (χ2n) is 6.51. The molecule has 6 nitrogen and oxygen atoms in total. The van der Waals surface area contributed by atoms with Gasteiger partial charge in [-0.2, -0.15) is 0 Å². The fourth-order valence-electron chi connectivity index (χ4n) is 2.89. The minimum absolute atomic E-state index is 0.200. The van der Waals surface area contributed by atoms with Gasteiger partial charge in [-0.1, -0.05) is 6.07 Å². The van der Waals surface area contributed by atoms with Gasteiger partial charge in [-0.25, -0.2) is 4.39 Å². The first-order valence-corrected chi connectivity index (χ1v) is 8.58. The normalized spacial score (nSPS) is 14.5. The average molecular weight is 369 g/mol. The highest BCUT2D eigenvalue weighted by Gasteiger charge is 2.34. The highest BCUT2D eigenvalue weighted by Crippen LogP contribution is 2.19. The first-order valence-electron chi connectivity index (χ1n) is 8.58. The molecule has 1 aliphatic heterocycles. The van der Waals surface area contributed by atoms with Gasteiger partial charge in [-0.15, -0.1) is 0 Å². The van der Waals surface area contributed by atoms with Crippen LogP contribution in [0.25, 0.3) is 0 Å². The van der Waals surface area contributed by atoms with Crippen LogP contribution in [0.2, 0.25) is 0 Å². The summed E-state index contributed by atoms with van der Waals surface area (Å²) in [7, 11) is 0. The highest BCUT2D eigenvalue weighted by molar-refractivity contribution is 6.41. The van der Waals surface area contributed by atoms with Gasteiger partial charge < -0.3 is 15.1 Å². The molecule has 27 heavy (non-hydrogen) atoms. The molecule has 0 aliphatic carbocycles. The van der Waals surface area contributed by atoms with Crippen molar-refractivity contribution in [2.75, 3.05) is 29.9 Å². The molecule has 0 unspecified atom stereocenters. The Kier molecular flexibility index (Phi) is 5.21. The molecule has 1 heterocycles. The van der Waals surface area contributed by atoms with Gasteiger partial charge >= 0.3 is 11.8 Å². The van der Waals surface area contributed by atoms with E-state index in [1.807, 2.05) is 26.0 Å². The lowest BCUT2D eigenvalue weighted by molar-refractivity contribution is -0.147. The van der Waals surface area contributed by atoms with Gasteiger partial charge in [0.15, 0.2) is 0 Å². The van der Waals surface area contributed by atoms with Crippen LogP contribution in [-0.2, 0) is 14.4 Å². The first kappa shape index (κ1) is 18.6. The molecular weight excluding hydrogens is 349 g/mol. The molecule has 0 aromatic heterocycles. The van der Waals surface area contributed by atoms with Crippen LogP contribution in [0.3, 0.4) is 0 Å². The summed E-state index contributed by atoms with van der Waals surface area (Å²) in [5.41, 5.74) is 3.26. The van der Waals surface area contributed by atoms with Crippen LogP contribution in [0.5, 0.6) is 0 Å². The van der Waals surface area contributed by atoms with Crippen molar-refractivity contribution < 1.29 is 18.8 Å². The third kappa shape index (κ3) is 4.13. The molecule has 1 N–H and O–H groups in total.